The van der Waals surface area contributed by atoms with Crippen LogP contribution in [-0.4, -0.2) is 33.9 Å². The van der Waals surface area contributed by atoms with Gasteiger partial charge in [-0.15, -0.1) is 0 Å². The molecule has 0 bridgehead atoms. The van der Waals surface area contributed by atoms with Gasteiger partial charge in [0.2, 0.25) is 0 Å². The number of carbonyl (C=O) groups excluding carboxylic acids is 1. The molecule has 108 valence electrons. The number of hydrogen-bond donors (Lipinski definition) is 0. The summed E-state index contributed by atoms with van der Waals surface area (Å²) < 4.78 is 0. The van der Waals surface area contributed by atoms with Gasteiger partial charge in [-0.05, 0) is 36.8 Å². The van der Waals surface area contributed by atoms with Gasteiger partial charge in [0.25, 0.3) is 5.91 Å². The summed E-state index contributed by atoms with van der Waals surface area (Å²) in [6, 6.07) is 8.54. The Morgan fingerprint density at radius 1 is 1.19 bits per heavy atom. The lowest BCUT2D eigenvalue weighted by atomic mass is 9.87. The van der Waals surface area contributed by atoms with Crippen molar-refractivity contribution >= 4 is 5.91 Å². The summed E-state index contributed by atoms with van der Waals surface area (Å²) in [4.78, 5) is 22.3. The molecule has 2 heterocycles. The van der Waals surface area contributed by atoms with Crippen molar-refractivity contribution in [2.24, 2.45) is 0 Å². The molecule has 1 aromatic heterocycles. The smallest absolute Gasteiger partial charge is 0.274 e. The maximum absolute atomic E-state index is 12.3. The summed E-state index contributed by atoms with van der Waals surface area (Å²) in [5.41, 5.74) is 3.20. The number of aromatic nitrogens is 2. The summed E-state index contributed by atoms with van der Waals surface area (Å²) in [6.07, 6.45) is 6.71. The zero-order chi connectivity index (χ0) is 14.7. The number of aryl methyl sites for hydroxylation is 1. The molecule has 0 unspecified atom stereocenters. The lowest BCUT2D eigenvalue weighted by molar-refractivity contribution is 0.0706. The van der Waals surface area contributed by atoms with Gasteiger partial charge in [0.15, 0.2) is 0 Å². The molecule has 3 rings (SSSR count). The predicted octanol–water partition coefficient (Wildman–Crippen LogP) is 2.80. The van der Waals surface area contributed by atoms with Crippen LogP contribution < -0.4 is 0 Å². The average molecular weight is 281 g/mol. The van der Waals surface area contributed by atoms with E-state index in [1.807, 2.05) is 4.90 Å². The number of carbonyl (C=O) groups is 1. The van der Waals surface area contributed by atoms with E-state index in [1.54, 1.807) is 12.4 Å². The second-order valence-electron chi connectivity index (χ2n) is 5.51. The molecule has 1 saturated heterocycles. The van der Waals surface area contributed by atoms with Gasteiger partial charge in [-0.3, -0.25) is 9.78 Å². The lowest BCUT2D eigenvalue weighted by Gasteiger charge is -2.32. The van der Waals surface area contributed by atoms with E-state index in [4.69, 9.17) is 0 Å². The van der Waals surface area contributed by atoms with E-state index in [1.165, 1.54) is 17.3 Å². The second kappa shape index (κ2) is 6.04. The fourth-order valence-corrected chi connectivity index (χ4v) is 3.01. The molecule has 1 amide bonds. The first-order valence-electron chi connectivity index (χ1n) is 7.36. The van der Waals surface area contributed by atoms with Crippen molar-refractivity contribution in [2.75, 3.05) is 13.1 Å². The highest BCUT2D eigenvalue weighted by molar-refractivity contribution is 5.92. The number of piperidine rings is 1. The predicted molar refractivity (Wildman–Crippen MR) is 81.1 cm³/mol. The normalized spacial score (nSPS) is 16.0. The van der Waals surface area contributed by atoms with Crippen LogP contribution in [0.5, 0.6) is 0 Å². The molecule has 0 atom stereocenters. The van der Waals surface area contributed by atoms with Crippen molar-refractivity contribution in [1.29, 1.82) is 0 Å². The highest BCUT2D eigenvalue weighted by atomic mass is 16.2. The van der Waals surface area contributed by atoms with Crippen molar-refractivity contribution in [1.82, 2.24) is 14.9 Å². The van der Waals surface area contributed by atoms with Crippen molar-refractivity contribution in [2.45, 2.75) is 25.7 Å². The molecule has 1 fully saturated rings. The average Bonchev–Trinajstić information content (AvgIpc) is 2.56. The molecular weight excluding hydrogens is 262 g/mol. The van der Waals surface area contributed by atoms with E-state index in [-0.39, 0.29) is 5.91 Å². The van der Waals surface area contributed by atoms with Gasteiger partial charge in [0, 0.05) is 25.5 Å². The minimum Gasteiger partial charge on any atom is -0.337 e. The first-order chi connectivity index (χ1) is 10.3. The Balaban J connectivity index is 1.66. The van der Waals surface area contributed by atoms with Crippen molar-refractivity contribution in [3.05, 3.63) is 59.7 Å². The van der Waals surface area contributed by atoms with Crippen LogP contribution in [0.2, 0.25) is 0 Å². The fourth-order valence-electron chi connectivity index (χ4n) is 3.01. The Labute approximate surface area is 124 Å². The summed E-state index contributed by atoms with van der Waals surface area (Å²) in [6.45, 7) is 3.73. The molecule has 0 radical (unpaired) electrons. The fraction of sp³-hybridized carbons (Fsp3) is 0.353. The standard InChI is InChI=1S/C17H19N3O/c1-13-4-2-3-5-15(13)14-6-10-20(11-7-14)17(21)16-12-18-8-9-19-16/h2-5,8-9,12,14H,6-7,10-11H2,1H3. The molecule has 0 aliphatic carbocycles. The molecule has 1 aromatic carbocycles. The summed E-state index contributed by atoms with van der Waals surface area (Å²) in [5, 5.41) is 0. The van der Waals surface area contributed by atoms with Gasteiger partial charge in [0.1, 0.15) is 5.69 Å². The summed E-state index contributed by atoms with van der Waals surface area (Å²) >= 11 is 0. The maximum Gasteiger partial charge on any atom is 0.274 e. The Morgan fingerprint density at radius 2 is 1.95 bits per heavy atom. The topological polar surface area (TPSA) is 46.1 Å². The van der Waals surface area contributed by atoms with Gasteiger partial charge < -0.3 is 4.90 Å². The Morgan fingerprint density at radius 3 is 2.62 bits per heavy atom. The SMILES string of the molecule is Cc1ccccc1C1CCN(C(=O)c2cnccn2)CC1. The third-order valence-electron chi connectivity index (χ3n) is 4.19. The van der Waals surface area contributed by atoms with Crippen molar-refractivity contribution < 1.29 is 4.79 Å². The molecule has 2 aromatic rings. The van der Waals surface area contributed by atoms with Gasteiger partial charge >= 0.3 is 0 Å². The highest BCUT2D eigenvalue weighted by Crippen LogP contribution is 2.30. The molecule has 0 saturated carbocycles. The molecule has 0 spiro atoms. The maximum atomic E-state index is 12.3. The molecule has 4 nitrogen and oxygen atoms in total. The minimum atomic E-state index is -0.00802. The van der Waals surface area contributed by atoms with Gasteiger partial charge in [-0.25, -0.2) is 4.98 Å². The van der Waals surface area contributed by atoms with Crippen LogP contribution in [-0.2, 0) is 0 Å². The molecule has 1 aliphatic heterocycles. The molecule has 21 heavy (non-hydrogen) atoms. The van der Waals surface area contributed by atoms with E-state index in [9.17, 15) is 4.79 Å². The van der Waals surface area contributed by atoms with Crippen LogP contribution in [0.25, 0.3) is 0 Å². The summed E-state index contributed by atoms with van der Waals surface area (Å²) in [5.74, 6) is 0.545. The van der Waals surface area contributed by atoms with Crippen LogP contribution >= 0.6 is 0 Å². The molecule has 1 aliphatic rings. The van der Waals surface area contributed by atoms with Gasteiger partial charge in [-0.1, -0.05) is 24.3 Å². The largest absolute Gasteiger partial charge is 0.337 e. The first-order valence-corrected chi connectivity index (χ1v) is 7.36. The van der Waals surface area contributed by atoms with E-state index in [0.29, 0.717) is 11.6 Å². The van der Waals surface area contributed by atoms with Gasteiger partial charge in [0.05, 0.1) is 6.20 Å². The Hall–Kier alpha value is -2.23. The van der Waals surface area contributed by atoms with E-state index in [0.717, 1.165) is 25.9 Å². The van der Waals surface area contributed by atoms with Crippen LogP contribution in [0.1, 0.15) is 40.4 Å². The quantitative estimate of drug-likeness (QED) is 0.850. The number of likely N-dealkylation sites (tertiary alicyclic amines) is 1. The van der Waals surface area contributed by atoms with Crippen LogP contribution in [0.4, 0.5) is 0 Å². The third-order valence-corrected chi connectivity index (χ3v) is 4.19. The zero-order valence-corrected chi connectivity index (χ0v) is 12.2. The van der Waals surface area contributed by atoms with Crippen LogP contribution in [0.3, 0.4) is 0 Å². The lowest BCUT2D eigenvalue weighted by Crippen LogP contribution is -2.38. The monoisotopic (exact) mass is 281 g/mol. The van der Waals surface area contributed by atoms with Crippen LogP contribution in [0.15, 0.2) is 42.9 Å². The first kappa shape index (κ1) is 13.7. The molecule has 4 heteroatoms. The zero-order valence-electron chi connectivity index (χ0n) is 12.2. The van der Waals surface area contributed by atoms with Crippen LogP contribution in [0, 0.1) is 6.92 Å². The number of amides is 1. The van der Waals surface area contributed by atoms with E-state index < -0.39 is 0 Å². The third kappa shape index (κ3) is 2.94. The molecular formula is C17H19N3O. The summed E-state index contributed by atoms with van der Waals surface area (Å²) in [7, 11) is 0. The van der Waals surface area contributed by atoms with Crippen molar-refractivity contribution in [3.63, 3.8) is 0 Å². The Kier molecular flexibility index (Phi) is 3.95. The Bertz CT molecular complexity index is 619. The van der Waals surface area contributed by atoms with E-state index >= 15 is 0 Å². The number of rotatable bonds is 2. The molecule has 0 N–H and O–H groups in total. The number of hydrogen-bond acceptors (Lipinski definition) is 3. The number of nitrogens with zero attached hydrogens (tertiary/aromatic N) is 3. The van der Waals surface area contributed by atoms with Crippen molar-refractivity contribution in [3.8, 4) is 0 Å². The minimum absolute atomic E-state index is 0.00802. The van der Waals surface area contributed by atoms with Gasteiger partial charge in [-0.2, -0.15) is 0 Å². The highest BCUT2D eigenvalue weighted by Gasteiger charge is 2.25. The number of benzene rings is 1. The van der Waals surface area contributed by atoms with E-state index in [2.05, 4.69) is 41.2 Å². The second-order valence-corrected chi connectivity index (χ2v) is 5.51.